The highest BCUT2D eigenvalue weighted by Crippen LogP contribution is 2.12. The zero-order chi connectivity index (χ0) is 15.2. The van der Waals surface area contributed by atoms with E-state index in [9.17, 15) is 14.4 Å². The SMILES string of the molecule is CC(C)CC(NC(=O)CNC(=O)C(C)(C)C)C(=O)O. The number of hydrogen-bond acceptors (Lipinski definition) is 3. The molecule has 0 aromatic rings. The number of carboxylic acids is 1. The molecule has 0 fully saturated rings. The molecule has 2 amide bonds. The summed E-state index contributed by atoms with van der Waals surface area (Å²) >= 11 is 0. The van der Waals surface area contributed by atoms with Gasteiger partial charge in [-0.15, -0.1) is 0 Å². The van der Waals surface area contributed by atoms with Gasteiger partial charge in [0.05, 0.1) is 6.54 Å². The standard InChI is InChI=1S/C13H24N2O4/c1-8(2)6-9(11(17)18)15-10(16)7-14-12(19)13(3,4)5/h8-9H,6-7H2,1-5H3,(H,14,19)(H,15,16)(H,17,18). The van der Waals surface area contributed by atoms with Crippen LogP contribution in [0.5, 0.6) is 0 Å². The van der Waals surface area contributed by atoms with Crippen LogP contribution < -0.4 is 10.6 Å². The van der Waals surface area contributed by atoms with Gasteiger partial charge in [0.25, 0.3) is 0 Å². The second-order valence-electron chi connectivity index (χ2n) is 6.02. The van der Waals surface area contributed by atoms with Crippen molar-refractivity contribution in [3.8, 4) is 0 Å². The van der Waals surface area contributed by atoms with Gasteiger partial charge in [-0.1, -0.05) is 34.6 Å². The van der Waals surface area contributed by atoms with Crippen molar-refractivity contribution in [2.45, 2.75) is 47.1 Å². The maximum absolute atomic E-state index is 11.6. The number of nitrogens with one attached hydrogen (secondary N) is 2. The van der Waals surface area contributed by atoms with Crippen LogP contribution in [0.25, 0.3) is 0 Å². The molecule has 0 heterocycles. The summed E-state index contributed by atoms with van der Waals surface area (Å²) in [6.45, 7) is 8.75. The summed E-state index contributed by atoms with van der Waals surface area (Å²) in [5.74, 6) is -1.65. The van der Waals surface area contributed by atoms with E-state index >= 15 is 0 Å². The molecule has 6 heteroatoms. The third kappa shape index (κ3) is 7.43. The van der Waals surface area contributed by atoms with Crippen molar-refractivity contribution in [3.63, 3.8) is 0 Å². The molecule has 110 valence electrons. The minimum Gasteiger partial charge on any atom is -0.480 e. The van der Waals surface area contributed by atoms with Gasteiger partial charge in [-0.3, -0.25) is 9.59 Å². The van der Waals surface area contributed by atoms with Crippen LogP contribution in [0.3, 0.4) is 0 Å². The van der Waals surface area contributed by atoms with Crippen molar-refractivity contribution < 1.29 is 19.5 Å². The minimum atomic E-state index is -1.07. The number of carbonyl (C=O) groups is 3. The molecular weight excluding hydrogens is 248 g/mol. The predicted octanol–water partition coefficient (Wildman–Crippen LogP) is 0.764. The van der Waals surface area contributed by atoms with Gasteiger partial charge in [0, 0.05) is 5.41 Å². The van der Waals surface area contributed by atoms with Gasteiger partial charge in [-0.25, -0.2) is 4.79 Å². The van der Waals surface area contributed by atoms with Gasteiger partial charge in [0.1, 0.15) is 6.04 Å². The Kier molecular flexibility index (Phi) is 6.52. The summed E-state index contributed by atoms with van der Waals surface area (Å²) in [5, 5.41) is 13.9. The van der Waals surface area contributed by atoms with Crippen LogP contribution in [-0.4, -0.2) is 35.5 Å². The first kappa shape index (κ1) is 17.4. The van der Waals surface area contributed by atoms with E-state index < -0.39 is 23.3 Å². The molecule has 0 aliphatic rings. The highest BCUT2D eigenvalue weighted by atomic mass is 16.4. The van der Waals surface area contributed by atoms with E-state index in [-0.39, 0.29) is 18.4 Å². The minimum absolute atomic E-state index is 0.158. The Balaban J connectivity index is 4.29. The molecule has 6 nitrogen and oxygen atoms in total. The van der Waals surface area contributed by atoms with Crippen molar-refractivity contribution >= 4 is 17.8 Å². The first-order valence-electron chi connectivity index (χ1n) is 6.34. The third-order valence-electron chi connectivity index (χ3n) is 2.43. The average Bonchev–Trinajstić information content (AvgIpc) is 2.22. The summed E-state index contributed by atoms with van der Waals surface area (Å²) in [5.41, 5.74) is -0.579. The normalized spacial score (nSPS) is 12.9. The lowest BCUT2D eigenvalue weighted by molar-refractivity contribution is -0.142. The summed E-state index contributed by atoms with van der Waals surface area (Å²) in [4.78, 5) is 34.1. The van der Waals surface area contributed by atoms with Crippen LogP contribution in [0.4, 0.5) is 0 Å². The Morgan fingerprint density at radius 1 is 1.16 bits per heavy atom. The number of aliphatic carboxylic acids is 1. The smallest absolute Gasteiger partial charge is 0.326 e. The topological polar surface area (TPSA) is 95.5 Å². The maximum Gasteiger partial charge on any atom is 0.326 e. The molecule has 0 spiro atoms. The number of carboxylic acid groups (broad SMARTS) is 1. The zero-order valence-corrected chi connectivity index (χ0v) is 12.2. The van der Waals surface area contributed by atoms with Crippen molar-refractivity contribution in [3.05, 3.63) is 0 Å². The van der Waals surface area contributed by atoms with Gasteiger partial charge in [-0.2, -0.15) is 0 Å². The Morgan fingerprint density at radius 2 is 1.68 bits per heavy atom. The van der Waals surface area contributed by atoms with Crippen molar-refractivity contribution in [2.75, 3.05) is 6.54 Å². The Hall–Kier alpha value is -1.59. The van der Waals surface area contributed by atoms with Gasteiger partial charge < -0.3 is 15.7 Å². The largest absolute Gasteiger partial charge is 0.480 e. The highest BCUT2D eigenvalue weighted by Gasteiger charge is 2.24. The molecule has 0 aromatic heterocycles. The molecule has 1 atom stereocenters. The fraction of sp³-hybridized carbons (Fsp3) is 0.769. The third-order valence-corrected chi connectivity index (χ3v) is 2.43. The van der Waals surface area contributed by atoms with E-state index in [2.05, 4.69) is 10.6 Å². The molecular formula is C13H24N2O4. The van der Waals surface area contributed by atoms with Crippen LogP contribution in [0.1, 0.15) is 41.0 Å². The van der Waals surface area contributed by atoms with Crippen molar-refractivity contribution in [2.24, 2.45) is 11.3 Å². The molecule has 3 N–H and O–H groups in total. The maximum atomic E-state index is 11.6. The summed E-state index contributed by atoms with van der Waals surface area (Å²) < 4.78 is 0. The van der Waals surface area contributed by atoms with Crippen LogP contribution in [0.2, 0.25) is 0 Å². The Labute approximate surface area is 113 Å². The van der Waals surface area contributed by atoms with Crippen LogP contribution in [-0.2, 0) is 14.4 Å². The molecule has 0 bridgehead atoms. The lowest BCUT2D eigenvalue weighted by atomic mass is 9.96. The zero-order valence-electron chi connectivity index (χ0n) is 12.2. The van der Waals surface area contributed by atoms with Gasteiger partial charge in [0.15, 0.2) is 0 Å². The fourth-order valence-corrected chi connectivity index (χ4v) is 1.36. The number of rotatable bonds is 6. The van der Waals surface area contributed by atoms with Crippen molar-refractivity contribution in [1.29, 1.82) is 0 Å². The second kappa shape index (κ2) is 7.11. The van der Waals surface area contributed by atoms with Crippen LogP contribution in [0.15, 0.2) is 0 Å². The molecule has 0 radical (unpaired) electrons. The first-order valence-corrected chi connectivity index (χ1v) is 6.34. The number of carbonyl (C=O) groups excluding carboxylic acids is 2. The number of amides is 2. The van der Waals surface area contributed by atoms with Crippen molar-refractivity contribution in [1.82, 2.24) is 10.6 Å². The highest BCUT2D eigenvalue weighted by molar-refractivity contribution is 5.89. The quantitative estimate of drug-likeness (QED) is 0.665. The van der Waals surface area contributed by atoms with E-state index in [0.717, 1.165) is 0 Å². The molecule has 0 aliphatic carbocycles. The van der Waals surface area contributed by atoms with E-state index in [1.165, 1.54) is 0 Å². The number of hydrogen-bond donors (Lipinski definition) is 3. The average molecular weight is 272 g/mol. The summed E-state index contributed by atoms with van der Waals surface area (Å²) in [7, 11) is 0. The molecule has 0 rings (SSSR count). The van der Waals surface area contributed by atoms with E-state index in [4.69, 9.17) is 5.11 Å². The van der Waals surface area contributed by atoms with Crippen LogP contribution in [0, 0.1) is 11.3 Å². The Morgan fingerprint density at radius 3 is 2.05 bits per heavy atom. The summed E-state index contributed by atoms with van der Waals surface area (Å²) in [6, 6.07) is -0.918. The van der Waals surface area contributed by atoms with E-state index in [1.54, 1.807) is 20.8 Å². The fourth-order valence-electron chi connectivity index (χ4n) is 1.36. The molecule has 0 aliphatic heterocycles. The van der Waals surface area contributed by atoms with Crippen LogP contribution >= 0.6 is 0 Å². The molecule has 0 saturated carbocycles. The molecule has 0 saturated heterocycles. The Bertz CT molecular complexity index is 345. The van der Waals surface area contributed by atoms with E-state index in [1.807, 2.05) is 13.8 Å². The predicted molar refractivity (Wildman–Crippen MR) is 71.5 cm³/mol. The lowest BCUT2D eigenvalue weighted by Gasteiger charge is -2.19. The first-order chi connectivity index (χ1) is 8.54. The van der Waals surface area contributed by atoms with Gasteiger partial charge in [-0.05, 0) is 12.3 Å². The molecule has 0 aromatic carbocycles. The van der Waals surface area contributed by atoms with E-state index in [0.29, 0.717) is 6.42 Å². The van der Waals surface area contributed by atoms with Gasteiger partial charge >= 0.3 is 5.97 Å². The lowest BCUT2D eigenvalue weighted by Crippen LogP contribution is -2.47. The van der Waals surface area contributed by atoms with Gasteiger partial charge in [0.2, 0.25) is 11.8 Å². The summed E-state index contributed by atoms with van der Waals surface area (Å²) in [6.07, 6.45) is 0.355. The monoisotopic (exact) mass is 272 g/mol. The second-order valence-corrected chi connectivity index (χ2v) is 6.02. The molecule has 19 heavy (non-hydrogen) atoms. The molecule has 1 unspecified atom stereocenters.